The summed E-state index contributed by atoms with van der Waals surface area (Å²) in [7, 11) is -1.54. The molecule has 2 heterocycles. The van der Waals surface area contributed by atoms with E-state index in [1.807, 2.05) is 0 Å². The molecule has 5 nitrogen and oxygen atoms in total. The molecule has 2 aromatic rings. The summed E-state index contributed by atoms with van der Waals surface area (Å²) in [5.74, 6) is 0.660. The second-order valence-electron chi connectivity index (χ2n) is 4.42. The Bertz CT molecular complexity index is 699. The first-order valence-electron chi connectivity index (χ1n) is 6.29. The number of hydrogen-bond donors (Lipinski definition) is 1. The minimum Gasteiger partial charge on any atom is -0.486 e. The highest BCUT2D eigenvalue weighted by Crippen LogP contribution is 2.36. The first-order valence-corrected chi connectivity index (χ1v) is 7.99. The molecule has 1 aromatic carbocycles. The van der Waals surface area contributed by atoms with Gasteiger partial charge in [0, 0.05) is 18.3 Å². The molecule has 110 valence electrons. The van der Waals surface area contributed by atoms with Crippen molar-refractivity contribution in [3.63, 3.8) is 0 Å². The third-order valence-corrected chi connectivity index (χ3v) is 4.78. The summed E-state index contributed by atoms with van der Waals surface area (Å²) in [6.45, 7) is 0.888. The summed E-state index contributed by atoms with van der Waals surface area (Å²) in [5, 5.41) is 0.303. The lowest BCUT2D eigenvalue weighted by atomic mass is 10.3. The van der Waals surface area contributed by atoms with Gasteiger partial charge in [0.2, 0.25) is 0 Å². The lowest BCUT2D eigenvalue weighted by Gasteiger charge is -2.19. The van der Waals surface area contributed by atoms with Gasteiger partial charge in [0.25, 0.3) is 0 Å². The lowest BCUT2D eigenvalue weighted by molar-refractivity contribution is 0.101. The van der Waals surface area contributed by atoms with E-state index in [1.54, 1.807) is 30.5 Å². The molecule has 0 spiro atoms. The number of nitrogens with one attached hydrogen (secondary N) is 1. The topological polar surface area (TPSA) is 68.4 Å². The van der Waals surface area contributed by atoms with E-state index in [0.29, 0.717) is 40.3 Å². The van der Waals surface area contributed by atoms with Crippen LogP contribution in [0.4, 0.5) is 0 Å². The Hall–Kier alpha value is -1.79. The largest absolute Gasteiger partial charge is 0.486 e. The van der Waals surface area contributed by atoms with Gasteiger partial charge in [0.1, 0.15) is 13.2 Å². The molecule has 0 fully saturated rings. The van der Waals surface area contributed by atoms with Gasteiger partial charge in [-0.25, -0.2) is 0 Å². The van der Waals surface area contributed by atoms with E-state index in [0.717, 1.165) is 0 Å². The Kier molecular flexibility index (Phi) is 3.98. The minimum absolute atomic E-state index is 0.139. The molecule has 1 unspecified atom stereocenters. The van der Waals surface area contributed by atoms with Crippen LogP contribution in [0.1, 0.15) is 10.5 Å². The molecule has 3 rings (SSSR count). The number of carbonyl (C=O) groups is 1. The first kappa shape index (κ1) is 14.2. The number of halogens is 1. The van der Waals surface area contributed by atoms with Crippen molar-refractivity contribution in [2.75, 3.05) is 19.0 Å². The van der Waals surface area contributed by atoms with Crippen LogP contribution in [0.15, 0.2) is 35.4 Å². The quantitative estimate of drug-likeness (QED) is 0.877. The number of fused-ring (bicyclic) bond motifs is 1. The number of carbonyl (C=O) groups excluding carboxylic acids is 1. The maximum atomic E-state index is 12.4. The number of rotatable bonds is 4. The zero-order valence-electron chi connectivity index (χ0n) is 10.9. The van der Waals surface area contributed by atoms with Crippen LogP contribution in [-0.2, 0) is 10.8 Å². The van der Waals surface area contributed by atoms with E-state index in [1.165, 1.54) is 0 Å². The normalized spacial score (nSPS) is 14.7. The maximum Gasteiger partial charge on any atom is 0.191 e. The molecule has 0 bridgehead atoms. The zero-order valence-corrected chi connectivity index (χ0v) is 12.5. The second-order valence-corrected chi connectivity index (χ2v) is 6.25. The Balaban J connectivity index is 1.83. The fraction of sp³-hybridized carbons (Fsp3) is 0.214. The van der Waals surface area contributed by atoms with E-state index in [2.05, 4.69) is 4.98 Å². The van der Waals surface area contributed by atoms with E-state index in [4.69, 9.17) is 21.1 Å². The number of Topliss-reactive ketones (excluding diaryl/α,β-unsaturated/α-hetero) is 1. The van der Waals surface area contributed by atoms with Crippen LogP contribution in [0.2, 0.25) is 5.02 Å². The highest BCUT2D eigenvalue weighted by molar-refractivity contribution is 7.86. The van der Waals surface area contributed by atoms with Crippen molar-refractivity contribution in [3.8, 4) is 11.5 Å². The second kappa shape index (κ2) is 5.91. The summed E-state index contributed by atoms with van der Waals surface area (Å²) in [5.41, 5.74) is 0.428. The van der Waals surface area contributed by atoms with Gasteiger partial charge in [-0.3, -0.25) is 9.00 Å². The van der Waals surface area contributed by atoms with Crippen LogP contribution in [0.25, 0.3) is 0 Å². The van der Waals surface area contributed by atoms with E-state index in [-0.39, 0.29) is 11.5 Å². The van der Waals surface area contributed by atoms with Crippen LogP contribution in [-0.4, -0.2) is 33.9 Å². The van der Waals surface area contributed by atoms with E-state index in [9.17, 15) is 9.00 Å². The van der Waals surface area contributed by atoms with Crippen LogP contribution in [0.3, 0.4) is 0 Å². The maximum absolute atomic E-state index is 12.4. The molecule has 1 aromatic heterocycles. The predicted octanol–water partition coefficient (Wildman–Crippen LogP) is 2.43. The Morgan fingerprint density at radius 2 is 2.00 bits per heavy atom. The Labute approximate surface area is 128 Å². The summed E-state index contributed by atoms with van der Waals surface area (Å²) in [6, 6.07) is 6.51. The van der Waals surface area contributed by atoms with Crippen LogP contribution in [0, 0.1) is 0 Å². The monoisotopic (exact) mass is 325 g/mol. The molecule has 0 aliphatic carbocycles. The third-order valence-electron chi connectivity index (χ3n) is 3.00. The molecule has 7 heteroatoms. The van der Waals surface area contributed by atoms with Gasteiger partial charge in [-0.1, -0.05) is 11.6 Å². The predicted molar refractivity (Wildman–Crippen MR) is 78.8 cm³/mol. The van der Waals surface area contributed by atoms with Crippen molar-refractivity contribution < 1.29 is 18.5 Å². The molecular weight excluding hydrogens is 314 g/mol. The lowest BCUT2D eigenvalue weighted by Crippen LogP contribution is -2.16. The number of ether oxygens (including phenoxy) is 2. The van der Waals surface area contributed by atoms with Gasteiger partial charge >= 0.3 is 0 Å². The van der Waals surface area contributed by atoms with Crippen molar-refractivity contribution in [1.29, 1.82) is 0 Å². The van der Waals surface area contributed by atoms with Crippen molar-refractivity contribution >= 4 is 28.2 Å². The molecule has 1 atom stereocenters. The number of ketones is 1. The van der Waals surface area contributed by atoms with Crippen LogP contribution < -0.4 is 9.47 Å². The minimum atomic E-state index is -1.54. The zero-order chi connectivity index (χ0) is 14.8. The molecule has 1 aliphatic rings. The number of aromatic amines is 1. The average Bonchev–Trinajstić information content (AvgIpc) is 3.00. The molecule has 21 heavy (non-hydrogen) atoms. The number of hydrogen-bond acceptors (Lipinski definition) is 4. The van der Waals surface area contributed by atoms with Crippen LogP contribution >= 0.6 is 11.6 Å². The van der Waals surface area contributed by atoms with E-state index >= 15 is 0 Å². The van der Waals surface area contributed by atoms with Gasteiger partial charge in [-0.15, -0.1) is 0 Å². The Morgan fingerprint density at radius 3 is 2.67 bits per heavy atom. The van der Waals surface area contributed by atoms with Crippen molar-refractivity contribution in [2.24, 2.45) is 0 Å². The molecule has 0 amide bonds. The fourth-order valence-corrected chi connectivity index (χ4v) is 3.47. The van der Waals surface area contributed by atoms with Gasteiger partial charge in [0.05, 0.1) is 32.2 Å². The molecule has 0 saturated carbocycles. The van der Waals surface area contributed by atoms with Crippen LogP contribution in [0.5, 0.6) is 11.5 Å². The van der Waals surface area contributed by atoms with Gasteiger partial charge < -0.3 is 14.5 Å². The molecule has 0 saturated heterocycles. The smallest absolute Gasteiger partial charge is 0.191 e. The SMILES string of the molecule is O=C(CS(=O)c1cc2c(cc1Cl)OCCO2)c1ccc[nH]1. The van der Waals surface area contributed by atoms with Gasteiger partial charge in [-0.05, 0) is 12.1 Å². The number of H-pyrrole nitrogens is 1. The summed E-state index contributed by atoms with van der Waals surface area (Å²) >= 11 is 6.12. The Morgan fingerprint density at radius 1 is 1.29 bits per heavy atom. The van der Waals surface area contributed by atoms with Gasteiger partial charge in [-0.2, -0.15) is 0 Å². The van der Waals surface area contributed by atoms with E-state index < -0.39 is 10.8 Å². The highest BCUT2D eigenvalue weighted by atomic mass is 35.5. The number of aromatic nitrogens is 1. The molecular formula is C14H12ClNO4S. The highest BCUT2D eigenvalue weighted by Gasteiger charge is 2.20. The first-order chi connectivity index (χ1) is 10.1. The van der Waals surface area contributed by atoms with Gasteiger partial charge in [0.15, 0.2) is 17.3 Å². The summed E-state index contributed by atoms with van der Waals surface area (Å²) in [4.78, 5) is 15.1. The molecule has 0 radical (unpaired) electrons. The molecule has 1 N–H and O–H groups in total. The van der Waals surface area contributed by atoms with Crippen molar-refractivity contribution in [1.82, 2.24) is 4.98 Å². The average molecular weight is 326 g/mol. The summed E-state index contributed by atoms with van der Waals surface area (Å²) < 4.78 is 23.2. The third kappa shape index (κ3) is 2.96. The molecule has 1 aliphatic heterocycles. The fourth-order valence-electron chi connectivity index (χ4n) is 2.00. The standard InChI is InChI=1S/C14H12ClNO4S/c15-9-6-12-13(20-5-4-19-12)7-14(9)21(18)8-11(17)10-2-1-3-16-10/h1-3,6-7,16H,4-5,8H2. The summed E-state index contributed by atoms with van der Waals surface area (Å²) in [6.07, 6.45) is 1.65. The van der Waals surface area contributed by atoms with Crippen molar-refractivity contribution in [2.45, 2.75) is 4.90 Å². The number of benzene rings is 1. The van der Waals surface area contributed by atoms with Crippen molar-refractivity contribution in [3.05, 3.63) is 41.2 Å².